The molecule has 1 fully saturated rings. The molecule has 0 aliphatic carbocycles. The van der Waals surface area contributed by atoms with Crippen molar-refractivity contribution >= 4 is 17.7 Å². The number of nitrogens with zero attached hydrogens (tertiary/aromatic N) is 4. The molecule has 1 N–H and O–H groups in total. The number of aromatic nitrogens is 2. The van der Waals surface area contributed by atoms with Gasteiger partial charge in [-0.15, -0.1) is 0 Å². The van der Waals surface area contributed by atoms with Gasteiger partial charge in [0.05, 0.1) is 6.54 Å². The highest BCUT2D eigenvalue weighted by atomic mass is 16.6. The fraction of sp³-hybridized carbons (Fsp3) is 0.542. The van der Waals surface area contributed by atoms with Gasteiger partial charge in [0.1, 0.15) is 5.60 Å². The maximum absolute atomic E-state index is 13.3. The van der Waals surface area contributed by atoms with Crippen molar-refractivity contribution in [2.45, 2.75) is 53.2 Å². The van der Waals surface area contributed by atoms with Crippen molar-refractivity contribution in [3.05, 3.63) is 46.3 Å². The minimum atomic E-state index is -0.554. The van der Waals surface area contributed by atoms with Gasteiger partial charge in [-0.2, -0.15) is 5.10 Å². The first-order valence-electron chi connectivity index (χ1n) is 11.3. The van der Waals surface area contributed by atoms with E-state index in [-0.39, 0.29) is 12.0 Å². The van der Waals surface area contributed by atoms with Crippen molar-refractivity contribution < 1.29 is 14.3 Å². The van der Waals surface area contributed by atoms with E-state index < -0.39 is 5.60 Å². The van der Waals surface area contributed by atoms with E-state index in [2.05, 4.69) is 47.1 Å². The van der Waals surface area contributed by atoms with Crippen molar-refractivity contribution in [1.29, 1.82) is 0 Å². The lowest BCUT2D eigenvalue weighted by Gasteiger charge is -2.37. The van der Waals surface area contributed by atoms with Crippen LogP contribution in [0.3, 0.4) is 0 Å². The smallest absolute Gasteiger partial charge is 0.410 e. The summed E-state index contributed by atoms with van der Waals surface area (Å²) in [5.41, 5.74) is 5.42. The quantitative estimate of drug-likeness (QED) is 0.777. The van der Waals surface area contributed by atoms with Gasteiger partial charge in [0.2, 0.25) is 0 Å². The lowest BCUT2D eigenvalue weighted by atomic mass is 10.0. The number of hydrogen-bond donors (Lipinski definition) is 1. The number of ether oxygens (including phenoxy) is 1. The molecule has 2 aliphatic heterocycles. The molecule has 4 rings (SSSR count). The second kappa shape index (κ2) is 8.48. The molecule has 0 unspecified atom stereocenters. The second-order valence-corrected chi connectivity index (χ2v) is 9.68. The maximum Gasteiger partial charge on any atom is 0.410 e. The molecule has 32 heavy (non-hydrogen) atoms. The van der Waals surface area contributed by atoms with Crippen LogP contribution in [0.15, 0.2) is 18.2 Å². The Labute approximate surface area is 189 Å². The SMILES string of the molecule is Cc1cccc(N2CCN(C(=O)c3n[nH]c4c3CN(C(=O)OC(C)(C)C)CC4)CC2)c1C. The molecule has 2 aliphatic rings. The van der Waals surface area contributed by atoms with Crippen LogP contribution in [0.4, 0.5) is 10.5 Å². The van der Waals surface area contributed by atoms with E-state index >= 15 is 0 Å². The van der Waals surface area contributed by atoms with Gasteiger partial charge in [0, 0.05) is 56.1 Å². The normalized spacial score (nSPS) is 16.7. The summed E-state index contributed by atoms with van der Waals surface area (Å²) in [5.74, 6) is -0.0749. The average molecular weight is 440 g/mol. The number of aromatic amines is 1. The molecule has 1 aromatic heterocycles. The number of benzene rings is 1. The summed E-state index contributed by atoms with van der Waals surface area (Å²) in [7, 11) is 0. The van der Waals surface area contributed by atoms with E-state index in [9.17, 15) is 9.59 Å². The van der Waals surface area contributed by atoms with Gasteiger partial charge in [0.25, 0.3) is 5.91 Å². The fourth-order valence-corrected chi connectivity index (χ4v) is 4.33. The zero-order valence-electron chi connectivity index (χ0n) is 19.7. The highest BCUT2D eigenvalue weighted by Crippen LogP contribution is 2.26. The summed E-state index contributed by atoms with van der Waals surface area (Å²) in [5, 5.41) is 7.35. The number of piperazine rings is 1. The highest BCUT2D eigenvalue weighted by molar-refractivity contribution is 5.94. The Kier molecular flexibility index (Phi) is 5.88. The van der Waals surface area contributed by atoms with E-state index in [4.69, 9.17) is 4.74 Å². The van der Waals surface area contributed by atoms with Crippen LogP contribution >= 0.6 is 0 Å². The van der Waals surface area contributed by atoms with Gasteiger partial charge in [-0.25, -0.2) is 4.79 Å². The predicted molar refractivity (Wildman–Crippen MR) is 123 cm³/mol. The number of fused-ring (bicyclic) bond motifs is 1. The summed E-state index contributed by atoms with van der Waals surface area (Å²) in [6.45, 7) is 13.6. The molecule has 2 amide bonds. The third kappa shape index (κ3) is 4.45. The van der Waals surface area contributed by atoms with E-state index in [0.29, 0.717) is 38.3 Å². The summed E-state index contributed by atoms with van der Waals surface area (Å²) in [6, 6.07) is 6.36. The second-order valence-electron chi connectivity index (χ2n) is 9.68. The fourth-order valence-electron chi connectivity index (χ4n) is 4.33. The van der Waals surface area contributed by atoms with Gasteiger partial charge in [-0.1, -0.05) is 12.1 Å². The number of hydrogen-bond acceptors (Lipinski definition) is 5. The Morgan fingerprint density at radius 2 is 1.75 bits per heavy atom. The van der Waals surface area contributed by atoms with Crippen molar-refractivity contribution in [2.75, 3.05) is 37.6 Å². The zero-order chi connectivity index (χ0) is 23.0. The summed E-state index contributed by atoms with van der Waals surface area (Å²) >= 11 is 0. The molecular formula is C24H33N5O3. The van der Waals surface area contributed by atoms with Crippen molar-refractivity contribution in [2.24, 2.45) is 0 Å². The van der Waals surface area contributed by atoms with E-state index in [1.807, 2.05) is 25.7 Å². The molecule has 0 saturated carbocycles. The first kappa shape index (κ1) is 22.2. The molecule has 0 bridgehead atoms. The van der Waals surface area contributed by atoms with Crippen LogP contribution in [0, 0.1) is 13.8 Å². The summed E-state index contributed by atoms with van der Waals surface area (Å²) in [4.78, 5) is 31.7. The lowest BCUT2D eigenvalue weighted by Crippen LogP contribution is -2.49. The Balaban J connectivity index is 1.43. The summed E-state index contributed by atoms with van der Waals surface area (Å²) < 4.78 is 5.51. The van der Waals surface area contributed by atoms with Gasteiger partial charge >= 0.3 is 6.09 Å². The van der Waals surface area contributed by atoms with Crippen LogP contribution in [0.5, 0.6) is 0 Å². The standard InChI is InChI=1S/C24H33N5O3/c1-16-7-6-8-20(17(16)2)27-11-13-28(14-12-27)22(30)21-18-15-29(10-9-19(18)25-26-21)23(31)32-24(3,4)5/h6-8H,9-15H2,1-5H3,(H,25,26). The first-order valence-corrected chi connectivity index (χ1v) is 11.3. The Bertz CT molecular complexity index is 1020. The molecule has 1 saturated heterocycles. The van der Waals surface area contributed by atoms with Crippen LogP contribution in [-0.4, -0.2) is 70.3 Å². The minimum Gasteiger partial charge on any atom is -0.444 e. The molecular weight excluding hydrogens is 406 g/mol. The zero-order valence-corrected chi connectivity index (χ0v) is 19.7. The molecule has 1 aromatic carbocycles. The van der Waals surface area contributed by atoms with Crippen LogP contribution < -0.4 is 4.90 Å². The predicted octanol–water partition coefficient (Wildman–Crippen LogP) is 3.28. The number of carbonyl (C=O) groups excluding carboxylic acids is 2. The Morgan fingerprint density at radius 3 is 2.44 bits per heavy atom. The van der Waals surface area contributed by atoms with Crippen molar-refractivity contribution in [3.63, 3.8) is 0 Å². The number of H-pyrrole nitrogens is 1. The molecule has 0 radical (unpaired) electrons. The molecule has 3 heterocycles. The first-order chi connectivity index (χ1) is 15.1. The number of rotatable bonds is 2. The monoisotopic (exact) mass is 439 g/mol. The third-order valence-corrected chi connectivity index (χ3v) is 6.27. The van der Waals surface area contributed by atoms with Crippen molar-refractivity contribution in [1.82, 2.24) is 20.0 Å². The number of aryl methyl sites for hydroxylation is 1. The molecule has 0 atom stereocenters. The lowest BCUT2D eigenvalue weighted by molar-refractivity contribution is 0.0222. The van der Waals surface area contributed by atoms with Crippen LogP contribution in [-0.2, 0) is 17.7 Å². The summed E-state index contributed by atoms with van der Waals surface area (Å²) in [6.07, 6.45) is 0.278. The van der Waals surface area contributed by atoms with E-state index in [1.54, 1.807) is 4.90 Å². The molecule has 172 valence electrons. The van der Waals surface area contributed by atoms with Gasteiger partial charge < -0.3 is 19.4 Å². The van der Waals surface area contributed by atoms with Crippen LogP contribution in [0.2, 0.25) is 0 Å². The van der Waals surface area contributed by atoms with Gasteiger partial charge in [0.15, 0.2) is 5.69 Å². The van der Waals surface area contributed by atoms with Crippen molar-refractivity contribution in [3.8, 4) is 0 Å². The molecule has 2 aromatic rings. The largest absolute Gasteiger partial charge is 0.444 e. The number of nitrogens with one attached hydrogen (secondary N) is 1. The number of amides is 2. The Hall–Kier alpha value is -3.03. The van der Waals surface area contributed by atoms with E-state index in [0.717, 1.165) is 24.3 Å². The maximum atomic E-state index is 13.3. The molecule has 8 heteroatoms. The van der Waals surface area contributed by atoms with Crippen LogP contribution in [0.1, 0.15) is 53.6 Å². The number of carbonyl (C=O) groups is 2. The molecule has 0 spiro atoms. The molecule has 8 nitrogen and oxygen atoms in total. The third-order valence-electron chi connectivity index (χ3n) is 6.27. The highest BCUT2D eigenvalue weighted by Gasteiger charge is 2.32. The number of anilines is 1. The van der Waals surface area contributed by atoms with Crippen LogP contribution in [0.25, 0.3) is 0 Å². The van der Waals surface area contributed by atoms with E-state index in [1.165, 1.54) is 16.8 Å². The van der Waals surface area contributed by atoms with Gasteiger partial charge in [-0.05, 0) is 51.8 Å². The average Bonchev–Trinajstić information content (AvgIpc) is 3.17. The Morgan fingerprint density at radius 1 is 1.03 bits per heavy atom. The van der Waals surface area contributed by atoms with Gasteiger partial charge in [-0.3, -0.25) is 9.89 Å². The topological polar surface area (TPSA) is 81.8 Å². The minimum absolute atomic E-state index is 0.0749.